The molecule has 1 atom stereocenters. The average molecular weight is 529 g/mol. The van der Waals surface area contributed by atoms with Crippen molar-refractivity contribution in [2.24, 2.45) is 5.92 Å². The Hall–Kier alpha value is -3.46. The first-order chi connectivity index (χ1) is 18.4. The Bertz CT molecular complexity index is 1310. The van der Waals surface area contributed by atoms with E-state index in [2.05, 4.69) is 5.32 Å². The summed E-state index contributed by atoms with van der Waals surface area (Å²) in [4.78, 5) is 26.4. The third-order valence-electron chi connectivity index (χ3n) is 7.42. The molecular weight excluding hydrogens is 496 g/mol. The van der Waals surface area contributed by atoms with Crippen LogP contribution in [0.25, 0.3) is 0 Å². The average Bonchev–Trinajstić information content (AvgIpc) is 2.94. The maximum Gasteiger partial charge on any atom is 0.261 e. The van der Waals surface area contributed by atoms with Gasteiger partial charge in [-0.3, -0.25) is 9.59 Å². The van der Waals surface area contributed by atoms with Crippen LogP contribution in [0.3, 0.4) is 0 Å². The van der Waals surface area contributed by atoms with Gasteiger partial charge in [0.1, 0.15) is 6.07 Å². The highest BCUT2D eigenvalue weighted by Gasteiger charge is 2.38. The van der Waals surface area contributed by atoms with Crippen LogP contribution in [0.1, 0.15) is 78.4 Å². The lowest BCUT2D eigenvalue weighted by molar-refractivity contribution is -0.135. The van der Waals surface area contributed by atoms with Gasteiger partial charge in [-0.05, 0) is 47.7 Å². The molecule has 196 valence electrons. The van der Waals surface area contributed by atoms with E-state index in [1.54, 1.807) is 48.5 Å². The number of carbonyl (C=O) groups excluding carboxylic acids is 2. The summed E-state index contributed by atoms with van der Waals surface area (Å²) >= 11 is 6.13. The summed E-state index contributed by atoms with van der Waals surface area (Å²) < 4.78 is 0. The molecule has 0 saturated heterocycles. The lowest BCUT2D eigenvalue weighted by Crippen LogP contribution is -2.42. The van der Waals surface area contributed by atoms with Crippen molar-refractivity contribution in [1.82, 2.24) is 0 Å². The Balaban J connectivity index is 1.50. The number of ketones is 1. The van der Waals surface area contributed by atoms with E-state index in [1.807, 2.05) is 18.2 Å². The quantitative estimate of drug-likeness (QED) is 0.272. The second-order valence-corrected chi connectivity index (χ2v) is 10.6. The van der Waals surface area contributed by atoms with E-state index in [9.17, 15) is 14.7 Å². The molecule has 1 aliphatic carbocycles. The second-order valence-electron chi connectivity index (χ2n) is 10.2. The van der Waals surface area contributed by atoms with Crippen molar-refractivity contribution in [1.29, 1.82) is 5.26 Å². The molecule has 2 N–H and O–H groups in total. The van der Waals surface area contributed by atoms with E-state index in [-0.39, 0.29) is 17.2 Å². The van der Waals surface area contributed by atoms with E-state index < -0.39 is 11.5 Å². The number of nitriles is 1. The molecule has 6 heteroatoms. The zero-order valence-corrected chi connectivity index (χ0v) is 22.2. The number of Topliss-reactive ketones (excluding diaryl/α,β-unsaturated/α-hetero) is 1. The molecule has 0 bridgehead atoms. The first-order valence-corrected chi connectivity index (χ1v) is 13.7. The number of nitrogens with zero attached hydrogens (tertiary/aromatic N) is 1. The highest BCUT2D eigenvalue weighted by atomic mass is 35.5. The van der Waals surface area contributed by atoms with Gasteiger partial charge in [0.05, 0.1) is 10.6 Å². The molecule has 3 aromatic carbocycles. The summed E-state index contributed by atoms with van der Waals surface area (Å²) in [5, 5.41) is 23.8. The SMILES string of the molecule is N#Cc1ccc(NC(=O)C(O)(Cc2cccc(C(=O)CCCC3CCCCC3)c2)c2ccccc2)cc1Cl. The molecule has 1 saturated carbocycles. The molecule has 1 unspecified atom stereocenters. The third-order valence-corrected chi connectivity index (χ3v) is 7.74. The number of aliphatic hydroxyl groups is 1. The summed E-state index contributed by atoms with van der Waals surface area (Å²) in [7, 11) is 0. The van der Waals surface area contributed by atoms with Crippen molar-refractivity contribution in [3.8, 4) is 6.07 Å². The maximum atomic E-state index is 13.5. The third kappa shape index (κ3) is 6.89. The minimum Gasteiger partial charge on any atom is -0.375 e. The summed E-state index contributed by atoms with van der Waals surface area (Å²) in [6.45, 7) is 0. The van der Waals surface area contributed by atoms with Gasteiger partial charge in [0.25, 0.3) is 5.91 Å². The fraction of sp³-hybridized carbons (Fsp3) is 0.344. The van der Waals surface area contributed by atoms with Crippen LogP contribution < -0.4 is 5.32 Å². The molecule has 1 aliphatic rings. The van der Waals surface area contributed by atoms with Crippen LogP contribution >= 0.6 is 11.6 Å². The van der Waals surface area contributed by atoms with Crippen molar-refractivity contribution in [3.63, 3.8) is 0 Å². The maximum absolute atomic E-state index is 13.5. The van der Waals surface area contributed by atoms with Gasteiger partial charge in [-0.15, -0.1) is 0 Å². The predicted molar refractivity (Wildman–Crippen MR) is 150 cm³/mol. The molecule has 0 radical (unpaired) electrons. The Morgan fingerprint density at radius 3 is 2.47 bits per heavy atom. The number of halogens is 1. The van der Waals surface area contributed by atoms with Crippen molar-refractivity contribution in [3.05, 3.63) is 100 Å². The van der Waals surface area contributed by atoms with Gasteiger partial charge in [-0.1, -0.05) is 98.7 Å². The van der Waals surface area contributed by atoms with E-state index in [4.69, 9.17) is 16.9 Å². The van der Waals surface area contributed by atoms with E-state index in [0.717, 1.165) is 18.8 Å². The number of hydrogen-bond donors (Lipinski definition) is 2. The van der Waals surface area contributed by atoms with Gasteiger partial charge in [0.15, 0.2) is 11.4 Å². The van der Waals surface area contributed by atoms with Crippen LogP contribution in [0.2, 0.25) is 5.02 Å². The van der Waals surface area contributed by atoms with Crippen molar-refractivity contribution >= 4 is 29.0 Å². The van der Waals surface area contributed by atoms with Crippen molar-refractivity contribution in [2.75, 3.05) is 5.32 Å². The Kier molecular flexibility index (Phi) is 9.33. The van der Waals surface area contributed by atoms with E-state index in [1.165, 1.54) is 44.2 Å². The summed E-state index contributed by atoms with van der Waals surface area (Å²) in [5.41, 5.74) is 0.479. The van der Waals surface area contributed by atoms with Gasteiger partial charge in [0, 0.05) is 24.1 Å². The van der Waals surface area contributed by atoms with Crippen LogP contribution in [0.5, 0.6) is 0 Å². The van der Waals surface area contributed by atoms with Gasteiger partial charge in [-0.2, -0.15) is 5.26 Å². The number of anilines is 1. The van der Waals surface area contributed by atoms with Crippen LogP contribution in [-0.2, 0) is 16.8 Å². The summed E-state index contributed by atoms with van der Waals surface area (Å²) in [5.74, 6) is 0.199. The fourth-order valence-electron chi connectivity index (χ4n) is 5.27. The molecule has 0 aromatic heterocycles. The van der Waals surface area contributed by atoms with Gasteiger partial charge < -0.3 is 10.4 Å². The molecule has 0 heterocycles. The van der Waals surface area contributed by atoms with Crippen molar-refractivity contribution in [2.45, 2.75) is 63.4 Å². The van der Waals surface area contributed by atoms with Crippen LogP contribution in [0.4, 0.5) is 5.69 Å². The molecular formula is C32H33ClN2O3. The summed E-state index contributed by atoms with van der Waals surface area (Å²) in [6.07, 6.45) is 8.95. The number of carbonyl (C=O) groups is 2. The highest BCUT2D eigenvalue weighted by molar-refractivity contribution is 6.32. The lowest BCUT2D eigenvalue weighted by Gasteiger charge is -2.28. The number of rotatable bonds is 10. The van der Waals surface area contributed by atoms with Gasteiger partial charge in [0.2, 0.25) is 0 Å². The molecule has 1 fully saturated rings. The molecule has 3 aromatic rings. The number of hydrogen-bond acceptors (Lipinski definition) is 4. The molecule has 38 heavy (non-hydrogen) atoms. The summed E-state index contributed by atoms with van der Waals surface area (Å²) in [6, 6.07) is 22.5. The second kappa shape index (κ2) is 12.9. The topological polar surface area (TPSA) is 90.2 Å². The van der Waals surface area contributed by atoms with Crippen molar-refractivity contribution < 1.29 is 14.7 Å². The first kappa shape index (κ1) is 27.6. The van der Waals surface area contributed by atoms with Gasteiger partial charge in [-0.25, -0.2) is 0 Å². The molecule has 1 amide bonds. The smallest absolute Gasteiger partial charge is 0.261 e. The molecule has 0 spiro atoms. The standard InChI is InChI=1S/C32H33ClN2O3/c33-29-20-28(18-17-26(29)22-34)35-31(37)32(38,27-14-5-2-6-15-27)21-24-12-7-13-25(19-24)30(36)16-8-11-23-9-3-1-4-10-23/h2,5-7,12-15,17-20,23,38H,1,3-4,8-11,16,21H2,(H,35,37). The molecule has 0 aliphatic heterocycles. The van der Waals surface area contributed by atoms with Gasteiger partial charge >= 0.3 is 0 Å². The fourth-order valence-corrected chi connectivity index (χ4v) is 5.49. The molecule has 4 rings (SSSR count). The Morgan fingerprint density at radius 2 is 1.76 bits per heavy atom. The first-order valence-electron chi connectivity index (χ1n) is 13.3. The Labute approximate surface area is 229 Å². The zero-order valence-electron chi connectivity index (χ0n) is 21.5. The van der Waals surface area contributed by atoms with Crippen LogP contribution in [0.15, 0.2) is 72.8 Å². The number of benzene rings is 3. The number of nitrogens with one attached hydrogen (secondary N) is 1. The minimum atomic E-state index is -1.90. The van der Waals surface area contributed by atoms with E-state index in [0.29, 0.717) is 34.4 Å². The Morgan fingerprint density at radius 1 is 1.00 bits per heavy atom. The zero-order chi connectivity index (χ0) is 27.0. The number of amides is 1. The lowest BCUT2D eigenvalue weighted by atomic mass is 9.84. The van der Waals surface area contributed by atoms with Crippen LogP contribution in [-0.4, -0.2) is 16.8 Å². The van der Waals surface area contributed by atoms with Crippen LogP contribution in [0, 0.1) is 17.2 Å². The largest absolute Gasteiger partial charge is 0.375 e. The molecule has 5 nitrogen and oxygen atoms in total. The predicted octanol–water partition coefficient (Wildman–Crippen LogP) is 7.21. The van der Waals surface area contributed by atoms with E-state index >= 15 is 0 Å². The monoisotopic (exact) mass is 528 g/mol. The minimum absolute atomic E-state index is 0.0178. The normalized spacial score (nSPS) is 15.3. The highest BCUT2D eigenvalue weighted by Crippen LogP contribution is 2.30.